The summed E-state index contributed by atoms with van der Waals surface area (Å²) < 4.78 is 36.5. The van der Waals surface area contributed by atoms with Crippen LogP contribution in [0.25, 0.3) is 0 Å². The minimum atomic E-state index is -3.96. The van der Waals surface area contributed by atoms with Crippen molar-refractivity contribution in [1.29, 1.82) is 0 Å². The number of aryl methyl sites for hydroxylation is 1. The van der Waals surface area contributed by atoms with Crippen molar-refractivity contribution in [2.45, 2.75) is 56.4 Å². The molecule has 3 rings (SSSR count). The van der Waals surface area contributed by atoms with Gasteiger partial charge in [-0.05, 0) is 88.1 Å². The Kier molecular flexibility index (Phi) is 11.6. The Hall–Kier alpha value is -2.95. The summed E-state index contributed by atoms with van der Waals surface area (Å²) in [6.45, 7) is 6.90. The molecule has 0 saturated heterocycles. The Bertz CT molecular complexity index is 1390. The van der Waals surface area contributed by atoms with E-state index in [1.165, 1.54) is 12.1 Å². The number of hydrogen-bond donors (Lipinski definition) is 1. The second-order valence-electron chi connectivity index (χ2n) is 10.9. The molecule has 42 heavy (non-hydrogen) atoms. The first kappa shape index (κ1) is 33.6. The van der Waals surface area contributed by atoms with E-state index in [1.54, 1.807) is 57.2 Å². The number of hydrazine groups is 1. The van der Waals surface area contributed by atoms with E-state index >= 15 is 0 Å². The number of carbonyl (C=O) groups is 2. The number of nitrogens with zero attached hydrogens (tertiary/aromatic N) is 1. The predicted molar refractivity (Wildman–Crippen MR) is 164 cm³/mol. The van der Waals surface area contributed by atoms with Crippen LogP contribution in [0.4, 0.5) is 4.79 Å². The lowest BCUT2D eigenvalue weighted by Crippen LogP contribution is -2.51. The van der Waals surface area contributed by atoms with Gasteiger partial charge < -0.3 is 9.53 Å². The van der Waals surface area contributed by atoms with E-state index in [0.717, 1.165) is 21.7 Å². The van der Waals surface area contributed by atoms with Crippen molar-refractivity contribution in [2.75, 3.05) is 19.7 Å². The van der Waals surface area contributed by atoms with Crippen molar-refractivity contribution >= 4 is 45.7 Å². The monoisotopic (exact) mass is 634 g/mol. The molecule has 0 aromatic heterocycles. The summed E-state index contributed by atoms with van der Waals surface area (Å²) in [5.74, 6) is 0. The van der Waals surface area contributed by atoms with Gasteiger partial charge in [0.25, 0.3) is 10.1 Å². The van der Waals surface area contributed by atoms with Crippen LogP contribution in [0.2, 0.25) is 10.0 Å². The van der Waals surface area contributed by atoms with Crippen LogP contribution >= 0.6 is 23.2 Å². The van der Waals surface area contributed by atoms with E-state index in [-0.39, 0.29) is 24.6 Å². The smallest absolute Gasteiger partial charge is 0.425 e. The standard InChI is InChI=1S/C31H36Cl2N2O6S/c1-23-6-16-28(17-7-23)42(38,39)40-21-5-18-31(24-8-12-26(32)13-9-24,25-10-14-27(33)15-11-25)22-34-35(19-20-36)29(37)41-30(2,3)4/h6-17,20,34H,5,18-19,21-22H2,1-4H3. The highest BCUT2D eigenvalue weighted by Gasteiger charge is 2.36. The van der Waals surface area contributed by atoms with Gasteiger partial charge in [0, 0.05) is 22.0 Å². The summed E-state index contributed by atoms with van der Waals surface area (Å²) >= 11 is 12.4. The Labute approximate surface area is 258 Å². The quantitative estimate of drug-likeness (QED) is 0.0964. The van der Waals surface area contributed by atoms with Crippen molar-refractivity contribution in [1.82, 2.24) is 10.4 Å². The minimum absolute atomic E-state index is 0.0801. The van der Waals surface area contributed by atoms with Crippen molar-refractivity contribution in [2.24, 2.45) is 0 Å². The number of carbonyl (C=O) groups excluding carboxylic acids is 2. The van der Waals surface area contributed by atoms with Crippen LogP contribution in [0.15, 0.2) is 77.7 Å². The predicted octanol–water partition coefficient (Wildman–Crippen LogP) is 6.71. The van der Waals surface area contributed by atoms with Crippen molar-refractivity contribution in [3.8, 4) is 0 Å². The van der Waals surface area contributed by atoms with Gasteiger partial charge in [-0.2, -0.15) is 8.42 Å². The molecule has 3 aromatic carbocycles. The van der Waals surface area contributed by atoms with Gasteiger partial charge in [0.1, 0.15) is 11.9 Å². The van der Waals surface area contributed by atoms with Gasteiger partial charge in [0.15, 0.2) is 0 Å². The molecule has 0 radical (unpaired) electrons. The number of nitrogens with one attached hydrogen (secondary N) is 1. The van der Waals surface area contributed by atoms with Crippen LogP contribution in [0, 0.1) is 6.92 Å². The highest BCUT2D eigenvalue weighted by atomic mass is 35.5. The maximum Gasteiger partial charge on any atom is 0.425 e. The number of benzene rings is 3. The fourth-order valence-electron chi connectivity index (χ4n) is 4.43. The molecule has 0 heterocycles. The van der Waals surface area contributed by atoms with E-state index in [9.17, 15) is 18.0 Å². The van der Waals surface area contributed by atoms with Gasteiger partial charge >= 0.3 is 6.09 Å². The van der Waals surface area contributed by atoms with E-state index in [0.29, 0.717) is 29.2 Å². The second kappa shape index (κ2) is 14.5. The molecule has 226 valence electrons. The number of rotatable bonds is 13. The first-order chi connectivity index (χ1) is 19.8. The second-order valence-corrected chi connectivity index (χ2v) is 13.4. The molecule has 1 N–H and O–H groups in total. The minimum Gasteiger partial charge on any atom is -0.443 e. The average Bonchev–Trinajstić information content (AvgIpc) is 2.92. The van der Waals surface area contributed by atoms with Gasteiger partial charge in [-0.1, -0.05) is 65.2 Å². The Balaban J connectivity index is 1.95. The molecular formula is C31H36Cl2N2O6S. The fraction of sp³-hybridized carbons (Fsp3) is 0.355. The molecule has 0 spiro atoms. The largest absolute Gasteiger partial charge is 0.443 e. The van der Waals surface area contributed by atoms with Crippen LogP contribution in [-0.4, -0.2) is 51.1 Å². The van der Waals surface area contributed by atoms with Crippen molar-refractivity contribution in [3.05, 3.63) is 99.5 Å². The summed E-state index contributed by atoms with van der Waals surface area (Å²) in [5, 5.41) is 2.21. The number of amides is 1. The normalized spacial score (nSPS) is 12.1. The van der Waals surface area contributed by atoms with Crippen molar-refractivity contribution < 1.29 is 26.9 Å². The zero-order chi connectivity index (χ0) is 31.0. The molecule has 11 heteroatoms. The molecule has 0 bridgehead atoms. The zero-order valence-corrected chi connectivity index (χ0v) is 26.4. The Morgan fingerprint density at radius 2 is 1.43 bits per heavy atom. The van der Waals surface area contributed by atoms with E-state index in [1.807, 2.05) is 31.2 Å². The fourth-order valence-corrected chi connectivity index (χ4v) is 5.62. The lowest BCUT2D eigenvalue weighted by Gasteiger charge is -2.38. The molecule has 0 atom stereocenters. The van der Waals surface area contributed by atoms with E-state index in [2.05, 4.69) is 5.43 Å². The van der Waals surface area contributed by atoms with Crippen LogP contribution in [0.3, 0.4) is 0 Å². The summed E-state index contributed by atoms with van der Waals surface area (Å²) in [5.41, 5.74) is 4.13. The van der Waals surface area contributed by atoms with Gasteiger partial charge in [-0.3, -0.25) is 4.18 Å². The first-order valence-corrected chi connectivity index (χ1v) is 15.6. The molecule has 0 aliphatic heterocycles. The molecule has 0 aliphatic carbocycles. The molecule has 3 aromatic rings. The maximum absolute atomic E-state index is 12.9. The molecular weight excluding hydrogens is 599 g/mol. The van der Waals surface area contributed by atoms with Gasteiger partial charge in [-0.25, -0.2) is 15.2 Å². The summed E-state index contributed by atoms with van der Waals surface area (Å²) in [6.07, 6.45) is 0.629. The van der Waals surface area contributed by atoms with E-state index < -0.39 is 27.2 Å². The SMILES string of the molecule is Cc1ccc(S(=O)(=O)OCCCC(CNN(CC=O)C(=O)OC(C)(C)C)(c2ccc(Cl)cc2)c2ccc(Cl)cc2)cc1. The van der Waals surface area contributed by atoms with Crippen LogP contribution in [0.5, 0.6) is 0 Å². The Morgan fingerprint density at radius 1 is 0.905 bits per heavy atom. The van der Waals surface area contributed by atoms with Gasteiger partial charge in [-0.15, -0.1) is 0 Å². The topological polar surface area (TPSA) is 102 Å². The molecule has 8 nitrogen and oxygen atoms in total. The number of aldehydes is 1. The van der Waals surface area contributed by atoms with Gasteiger partial charge in [0.05, 0.1) is 18.0 Å². The van der Waals surface area contributed by atoms with Crippen LogP contribution in [0.1, 0.15) is 50.3 Å². The molecule has 0 saturated carbocycles. The third kappa shape index (κ3) is 9.28. The summed E-state index contributed by atoms with van der Waals surface area (Å²) in [4.78, 5) is 24.5. The van der Waals surface area contributed by atoms with Crippen molar-refractivity contribution in [3.63, 3.8) is 0 Å². The molecule has 1 amide bonds. The van der Waals surface area contributed by atoms with Crippen LogP contribution < -0.4 is 5.43 Å². The van der Waals surface area contributed by atoms with E-state index in [4.69, 9.17) is 32.1 Å². The third-order valence-corrected chi connectivity index (χ3v) is 8.36. The maximum atomic E-state index is 12.9. The van der Waals surface area contributed by atoms with Gasteiger partial charge in [0.2, 0.25) is 0 Å². The zero-order valence-electron chi connectivity index (χ0n) is 24.1. The Morgan fingerprint density at radius 3 is 1.90 bits per heavy atom. The average molecular weight is 636 g/mol. The highest BCUT2D eigenvalue weighted by molar-refractivity contribution is 7.86. The van der Waals surface area contributed by atoms with Crippen LogP contribution in [-0.2, 0) is 29.2 Å². The molecule has 0 fully saturated rings. The number of hydrogen-bond acceptors (Lipinski definition) is 7. The number of ether oxygens (including phenoxy) is 1. The lowest BCUT2D eigenvalue weighted by molar-refractivity contribution is -0.109. The third-order valence-electron chi connectivity index (χ3n) is 6.53. The highest BCUT2D eigenvalue weighted by Crippen LogP contribution is 2.38. The first-order valence-electron chi connectivity index (χ1n) is 13.4. The summed E-state index contributed by atoms with van der Waals surface area (Å²) in [6, 6.07) is 21.0. The number of halogens is 2. The lowest BCUT2D eigenvalue weighted by atomic mass is 9.71. The molecule has 0 unspecified atom stereocenters. The molecule has 0 aliphatic rings. The summed E-state index contributed by atoms with van der Waals surface area (Å²) in [7, 11) is -3.96.